The molecule has 5 nitrogen and oxygen atoms in total. The normalized spacial score (nSPS) is 12.2. The third-order valence-corrected chi connectivity index (χ3v) is 10.0. The molecular formula is C43H26N4O. The van der Waals surface area contributed by atoms with Crippen molar-refractivity contribution in [1.82, 2.24) is 18.5 Å². The van der Waals surface area contributed by atoms with E-state index in [1.165, 1.54) is 21.5 Å². The number of rotatable bonds is 2. The summed E-state index contributed by atoms with van der Waals surface area (Å²) in [4.78, 5) is 5.23. The van der Waals surface area contributed by atoms with Crippen molar-refractivity contribution in [2.24, 2.45) is 0 Å². The number of phenolic OH excluding ortho intramolecular Hbond substituents is 1. The van der Waals surface area contributed by atoms with Gasteiger partial charge < -0.3 is 14.2 Å². The minimum atomic E-state index is 0.220. The van der Waals surface area contributed by atoms with Crippen LogP contribution in [0.25, 0.3) is 93.3 Å². The Morgan fingerprint density at radius 2 is 0.917 bits per heavy atom. The summed E-state index contributed by atoms with van der Waals surface area (Å²) in [5.41, 5.74) is 10.6. The number of fused-ring (bicyclic) bond motifs is 17. The number of pyridine rings is 1. The number of phenols is 1. The maximum Gasteiger partial charge on any atom is 0.146 e. The van der Waals surface area contributed by atoms with E-state index in [0.29, 0.717) is 0 Å². The molecule has 0 aliphatic rings. The molecule has 0 saturated heterocycles. The van der Waals surface area contributed by atoms with Crippen LogP contribution in [0.4, 0.5) is 0 Å². The number of imidazole rings is 1. The van der Waals surface area contributed by atoms with Gasteiger partial charge in [0, 0.05) is 43.7 Å². The van der Waals surface area contributed by atoms with Crippen molar-refractivity contribution < 1.29 is 5.11 Å². The Bertz CT molecular complexity index is 3110. The summed E-state index contributed by atoms with van der Waals surface area (Å²) in [6.45, 7) is 0. The summed E-state index contributed by atoms with van der Waals surface area (Å²) in [5.74, 6) is 0.220. The van der Waals surface area contributed by atoms with Crippen molar-refractivity contribution in [3.05, 3.63) is 152 Å². The van der Waals surface area contributed by atoms with Crippen molar-refractivity contribution in [3.8, 4) is 17.1 Å². The monoisotopic (exact) mass is 614 g/mol. The smallest absolute Gasteiger partial charge is 0.146 e. The van der Waals surface area contributed by atoms with E-state index in [4.69, 9.17) is 4.98 Å². The highest BCUT2D eigenvalue weighted by Crippen LogP contribution is 2.49. The molecule has 0 radical (unpaired) electrons. The zero-order valence-electron chi connectivity index (χ0n) is 25.7. The average molecular weight is 615 g/mol. The van der Waals surface area contributed by atoms with E-state index >= 15 is 0 Å². The first-order chi connectivity index (χ1) is 23.8. The van der Waals surface area contributed by atoms with Gasteiger partial charge in [-0.3, -0.25) is 4.40 Å². The molecule has 48 heavy (non-hydrogen) atoms. The Labute approximate surface area is 273 Å². The first-order valence-electron chi connectivity index (χ1n) is 16.2. The van der Waals surface area contributed by atoms with Gasteiger partial charge in [0.25, 0.3) is 0 Å². The lowest BCUT2D eigenvalue weighted by Crippen LogP contribution is -1.99. The van der Waals surface area contributed by atoms with Gasteiger partial charge in [-0.1, -0.05) is 84.9 Å². The number of aromatic nitrogens is 4. The third kappa shape index (κ3) is 3.17. The Balaban J connectivity index is 1.60. The van der Waals surface area contributed by atoms with Crippen molar-refractivity contribution in [3.63, 3.8) is 0 Å². The molecule has 4 aromatic heterocycles. The van der Waals surface area contributed by atoms with E-state index in [2.05, 4.69) is 147 Å². The summed E-state index contributed by atoms with van der Waals surface area (Å²) in [7, 11) is 0. The second-order valence-electron chi connectivity index (χ2n) is 12.5. The topological polar surface area (TPSA) is 47.4 Å². The SMILES string of the molecule is Oc1ccc2c(c1)c1nc3ccccc3n1c1c2c2c(c3ccccc3n2-c2ccccc2)c2c1c1ccccc1n2-c1ccccc1. The van der Waals surface area contributed by atoms with Crippen LogP contribution < -0.4 is 0 Å². The molecule has 11 aromatic rings. The fourth-order valence-corrected chi connectivity index (χ4v) is 8.21. The summed E-state index contributed by atoms with van der Waals surface area (Å²) < 4.78 is 7.21. The molecule has 0 unspecified atom stereocenters. The van der Waals surface area contributed by atoms with E-state index in [0.717, 1.165) is 71.8 Å². The number of para-hydroxylation sites is 6. The Morgan fingerprint density at radius 3 is 1.54 bits per heavy atom. The lowest BCUT2D eigenvalue weighted by atomic mass is 9.98. The van der Waals surface area contributed by atoms with Crippen molar-refractivity contribution in [1.29, 1.82) is 0 Å². The van der Waals surface area contributed by atoms with Crippen LogP contribution in [0.15, 0.2) is 152 Å². The molecular weight excluding hydrogens is 589 g/mol. The van der Waals surface area contributed by atoms with Crippen LogP contribution in [0.5, 0.6) is 5.75 Å². The van der Waals surface area contributed by atoms with Gasteiger partial charge in [-0.2, -0.15) is 0 Å². The Kier molecular flexibility index (Phi) is 4.93. The second kappa shape index (κ2) is 9.24. The molecule has 11 rings (SSSR count). The fraction of sp³-hybridized carbons (Fsp3) is 0. The fourth-order valence-electron chi connectivity index (χ4n) is 8.21. The van der Waals surface area contributed by atoms with Gasteiger partial charge in [0.15, 0.2) is 0 Å². The van der Waals surface area contributed by atoms with Gasteiger partial charge in [0.05, 0.1) is 38.6 Å². The molecule has 0 aliphatic heterocycles. The summed E-state index contributed by atoms with van der Waals surface area (Å²) in [5, 5.41) is 18.7. The van der Waals surface area contributed by atoms with Gasteiger partial charge in [-0.05, 0) is 72.1 Å². The standard InChI is InChI=1S/C43H26N4O/c48-28-23-24-29-32(25-28)43-44-33-19-9-12-22-36(33)47(43)42-37(29)40-38(30-17-7-10-20-34(30)45(40)26-13-3-1-4-14-26)41-39(42)31-18-8-11-21-35(31)46(41)27-15-5-2-6-16-27/h1-25,48H. The first kappa shape index (κ1) is 25.6. The molecule has 0 saturated carbocycles. The third-order valence-electron chi connectivity index (χ3n) is 10.0. The predicted molar refractivity (Wildman–Crippen MR) is 198 cm³/mol. The number of aromatic hydroxyl groups is 1. The summed E-state index contributed by atoms with van der Waals surface area (Å²) >= 11 is 0. The molecule has 5 heteroatoms. The second-order valence-corrected chi connectivity index (χ2v) is 12.5. The largest absolute Gasteiger partial charge is 0.508 e. The van der Waals surface area contributed by atoms with Crippen LogP contribution in [-0.4, -0.2) is 23.6 Å². The van der Waals surface area contributed by atoms with E-state index in [1.807, 2.05) is 12.1 Å². The molecule has 4 heterocycles. The van der Waals surface area contributed by atoms with Crippen LogP contribution in [0, 0.1) is 0 Å². The minimum Gasteiger partial charge on any atom is -0.508 e. The van der Waals surface area contributed by atoms with Gasteiger partial charge in [-0.25, -0.2) is 4.98 Å². The maximum absolute atomic E-state index is 10.9. The Morgan fingerprint density at radius 1 is 0.417 bits per heavy atom. The average Bonchev–Trinajstić information content (AvgIpc) is 3.81. The van der Waals surface area contributed by atoms with Crippen LogP contribution in [0.1, 0.15) is 0 Å². The van der Waals surface area contributed by atoms with Gasteiger partial charge in [0.1, 0.15) is 11.4 Å². The van der Waals surface area contributed by atoms with Crippen LogP contribution in [0.3, 0.4) is 0 Å². The number of nitrogens with zero attached hydrogens (tertiary/aromatic N) is 4. The highest BCUT2D eigenvalue weighted by Gasteiger charge is 2.28. The van der Waals surface area contributed by atoms with Crippen LogP contribution in [-0.2, 0) is 0 Å². The molecule has 0 amide bonds. The van der Waals surface area contributed by atoms with Crippen molar-refractivity contribution in [2.45, 2.75) is 0 Å². The molecule has 0 aliphatic carbocycles. The Hall–Kier alpha value is -6.59. The van der Waals surface area contributed by atoms with E-state index in [1.54, 1.807) is 6.07 Å². The lowest BCUT2D eigenvalue weighted by molar-refractivity contribution is 0.476. The lowest BCUT2D eigenvalue weighted by Gasteiger charge is -2.16. The van der Waals surface area contributed by atoms with Gasteiger partial charge >= 0.3 is 0 Å². The molecule has 224 valence electrons. The molecule has 0 bridgehead atoms. The predicted octanol–water partition coefficient (Wildman–Crippen LogP) is 10.7. The first-order valence-corrected chi connectivity index (χ1v) is 16.2. The van der Waals surface area contributed by atoms with Crippen molar-refractivity contribution >= 4 is 82.0 Å². The maximum atomic E-state index is 10.9. The highest BCUT2D eigenvalue weighted by atomic mass is 16.3. The molecule has 7 aromatic carbocycles. The molecule has 0 spiro atoms. The number of hydrogen-bond acceptors (Lipinski definition) is 2. The summed E-state index contributed by atoms with van der Waals surface area (Å²) in [6.07, 6.45) is 0. The number of hydrogen-bond donors (Lipinski definition) is 1. The quantitative estimate of drug-likeness (QED) is 0.197. The van der Waals surface area contributed by atoms with E-state index in [-0.39, 0.29) is 5.75 Å². The van der Waals surface area contributed by atoms with Gasteiger partial charge in [0.2, 0.25) is 0 Å². The zero-order valence-corrected chi connectivity index (χ0v) is 25.7. The highest BCUT2D eigenvalue weighted by molar-refractivity contribution is 6.40. The summed E-state index contributed by atoms with van der Waals surface area (Å²) in [6, 6.07) is 53.0. The van der Waals surface area contributed by atoms with Gasteiger partial charge in [-0.15, -0.1) is 0 Å². The molecule has 0 fully saturated rings. The zero-order chi connectivity index (χ0) is 31.5. The van der Waals surface area contributed by atoms with Crippen molar-refractivity contribution in [2.75, 3.05) is 0 Å². The number of benzene rings is 7. The minimum absolute atomic E-state index is 0.220. The molecule has 0 atom stereocenters. The van der Waals surface area contributed by atoms with Crippen LogP contribution >= 0.6 is 0 Å². The van der Waals surface area contributed by atoms with Crippen LogP contribution in [0.2, 0.25) is 0 Å². The van der Waals surface area contributed by atoms with E-state index < -0.39 is 0 Å². The van der Waals surface area contributed by atoms with E-state index in [9.17, 15) is 5.11 Å². The molecule has 1 N–H and O–H groups in total.